The molecule has 29 heavy (non-hydrogen) atoms. The van der Waals surface area contributed by atoms with Gasteiger partial charge in [0.1, 0.15) is 28.5 Å². The lowest BCUT2D eigenvalue weighted by Gasteiger charge is -2.11. The third kappa shape index (κ3) is 4.22. The summed E-state index contributed by atoms with van der Waals surface area (Å²) < 4.78 is 19.1. The lowest BCUT2D eigenvalue weighted by Crippen LogP contribution is -2.04. The first-order valence-corrected chi connectivity index (χ1v) is 10.3. The first-order chi connectivity index (χ1) is 14.0. The Kier molecular flexibility index (Phi) is 5.45. The maximum absolute atomic E-state index is 13.4. The molecule has 0 radical (unpaired) electrons. The highest BCUT2D eigenvalue weighted by Gasteiger charge is 2.17. The van der Waals surface area contributed by atoms with E-state index in [1.807, 2.05) is 24.3 Å². The Labute approximate surface area is 173 Å². The van der Waals surface area contributed by atoms with Crippen LogP contribution in [0.25, 0.3) is 21.3 Å². The number of halogens is 1. The molecular weight excluding hydrogens is 385 g/mol. The van der Waals surface area contributed by atoms with Crippen molar-refractivity contribution >= 4 is 33.1 Å². The molecule has 0 aliphatic carbocycles. The number of anilines is 2. The van der Waals surface area contributed by atoms with Gasteiger partial charge in [-0.3, -0.25) is 0 Å². The van der Waals surface area contributed by atoms with Crippen molar-refractivity contribution in [2.24, 2.45) is 5.92 Å². The van der Waals surface area contributed by atoms with E-state index >= 15 is 0 Å². The predicted molar refractivity (Wildman–Crippen MR) is 118 cm³/mol. The van der Waals surface area contributed by atoms with E-state index in [4.69, 9.17) is 4.74 Å². The van der Waals surface area contributed by atoms with Crippen molar-refractivity contribution in [1.82, 2.24) is 9.97 Å². The highest BCUT2D eigenvalue weighted by Crippen LogP contribution is 2.41. The number of fused-ring (bicyclic) bond motifs is 1. The third-order valence-electron chi connectivity index (χ3n) is 4.50. The van der Waals surface area contributed by atoms with Crippen LogP contribution in [0.1, 0.15) is 18.7 Å². The monoisotopic (exact) mass is 407 g/mol. The van der Waals surface area contributed by atoms with E-state index in [1.165, 1.54) is 12.1 Å². The van der Waals surface area contributed by atoms with E-state index in [9.17, 15) is 4.39 Å². The molecule has 2 aromatic heterocycles. The van der Waals surface area contributed by atoms with Gasteiger partial charge in [0.25, 0.3) is 0 Å². The van der Waals surface area contributed by atoms with Crippen LogP contribution in [0.3, 0.4) is 0 Å². The molecule has 1 N–H and O–H groups in total. The van der Waals surface area contributed by atoms with Crippen LogP contribution in [0.4, 0.5) is 15.9 Å². The van der Waals surface area contributed by atoms with Gasteiger partial charge >= 0.3 is 0 Å². The molecular formula is C23H22FN3OS. The minimum atomic E-state index is -0.250. The average molecular weight is 408 g/mol. The second-order valence-corrected chi connectivity index (χ2v) is 8.50. The van der Waals surface area contributed by atoms with Crippen LogP contribution in [0.2, 0.25) is 0 Å². The Hall–Kier alpha value is -2.99. The maximum Gasteiger partial charge on any atom is 0.143 e. The quantitative estimate of drug-likeness (QED) is 0.392. The Balaban J connectivity index is 1.68. The maximum atomic E-state index is 13.4. The Morgan fingerprint density at radius 2 is 1.76 bits per heavy atom. The summed E-state index contributed by atoms with van der Waals surface area (Å²) in [5.41, 5.74) is 2.89. The predicted octanol–water partition coefficient (Wildman–Crippen LogP) is 6.58. The molecule has 0 aliphatic rings. The number of aryl methyl sites for hydroxylation is 1. The molecule has 4 rings (SSSR count). The van der Waals surface area contributed by atoms with Crippen molar-refractivity contribution in [1.29, 1.82) is 0 Å². The van der Waals surface area contributed by atoms with Gasteiger partial charge in [0.05, 0.1) is 12.0 Å². The molecule has 6 heteroatoms. The summed E-state index contributed by atoms with van der Waals surface area (Å²) >= 11 is 1.61. The molecule has 0 saturated heterocycles. The Bertz CT molecular complexity index is 1120. The molecule has 0 bridgehead atoms. The van der Waals surface area contributed by atoms with E-state index in [1.54, 1.807) is 29.8 Å². The fourth-order valence-corrected chi connectivity index (χ4v) is 4.15. The van der Waals surface area contributed by atoms with Crippen LogP contribution in [0.5, 0.6) is 5.75 Å². The summed E-state index contributed by atoms with van der Waals surface area (Å²) in [5.74, 6) is 1.80. The molecule has 0 amide bonds. The zero-order chi connectivity index (χ0) is 20.4. The molecule has 0 unspecified atom stereocenters. The number of rotatable bonds is 6. The summed E-state index contributed by atoms with van der Waals surface area (Å²) in [6, 6.07) is 14.4. The van der Waals surface area contributed by atoms with Gasteiger partial charge in [-0.05, 0) is 54.8 Å². The van der Waals surface area contributed by atoms with Gasteiger partial charge in [0, 0.05) is 16.1 Å². The summed E-state index contributed by atoms with van der Waals surface area (Å²) in [6.45, 7) is 6.99. The lowest BCUT2D eigenvalue weighted by atomic mass is 10.0. The first kappa shape index (κ1) is 19.3. The number of nitrogens with zero attached hydrogens (tertiary/aromatic N) is 2. The minimum absolute atomic E-state index is 0.250. The van der Waals surface area contributed by atoms with Crippen molar-refractivity contribution in [3.8, 4) is 16.9 Å². The molecule has 0 fully saturated rings. The second-order valence-electron chi connectivity index (χ2n) is 7.30. The molecule has 0 saturated carbocycles. The minimum Gasteiger partial charge on any atom is -0.493 e. The van der Waals surface area contributed by atoms with Gasteiger partial charge in [0.15, 0.2) is 0 Å². The zero-order valence-corrected chi connectivity index (χ0v) is 17.4. The largest absolute Gasteiger partial charge is 0.493 e. The van der Waals surface area contributed by atoms with Crippen LogP contribution in [0.15, 0.2) is 54.9 Å². The Morgan fingerprint density at radius 3 is 2.45 bits per heavy atom. The molecule has 4 nitrogen and oxygen atoms in total. The normalized spacial score (nSPS) is 11.2. The Morgan fingerprint density at radius 1 is 1.03 bits per heavy atom. The number of nitrogens with one attached hydrogen (secondary N) is 1. The van der Waals surface area contributed by atoms with Gasteiger partial charge in [-0.1, -0.05) is 26.0 Å². The van der Waals surface area contributed by atoms with Crippen LogP contribution < -0.4 is 10.1 Å². The average Bonchev–Trinajstić information content (AvgIpc) is 3.05. The highest BCUT2D eigenvalue weighted by atomic mass is 32.1. The third-order valence-corrected chi connectivity index (χ3v) is 5.51. The van der Waals surface area contributed by atoms with Crippen molar-refractivity contribution in [2.45, 2.75) is 20.8 Å². The summed E-state index contributed by atoms with van der Waals surface area (Å²) in [7, 11) is 0. The zero-order valence-electron chi connectivity index (χ0n) is 16.6. The van der Waals surface area contributed by atoms with Crippen LogP contribution in [-0.4, -0.2) is 16.6 Å². The fraction of sp³-hybridized carbons (Fsp3) is 0.217. The number of thiophene rings is 1. The molecule has 0 aliphatic heterocycles. The molecule has 2 aromatic carbocycles. The smallest absolute Gasteiger partial charge is 0.143 e. The number of hydrogen-bond donors (Lipinski definition) is 1. The van der Waals surface area contributed by atoms with Gasteiger partial charge < -0.3 is 10.1 Å². The summed E-state index contributed by atoms with van der Waals surface area (Å²) in [5, 5.41) is 4.35. The lowest BCUT2D eigenvalue weighted by molar-refractivity contribution is 0.271. The molecule has 4 aromatic rings. The van der Waals surface area contributed by atoms with Gasteiger partial charge in [0.2, 0.25) is 0 Å². The number of aromatic nitrogens is 2. The summed E-state index contributed by atoms with van der Waals surface area (Å²) in [6.07, 6.45) is 1.56. The van der Waals surface area contributed by atoms with E-state index in [-0.39, 0.29) is 5.82 Å². The van der Waals surface area contributed by atoms with Crippen molar-refractivity contribution in [2.75, 3.05) is 11.9 Å². The molecule has 0 spiro atoms. The van der Waals surface area contributed by atoms with E-state index < -0.39 is 0 Å². The van der Waals surface area contributed by atoms with E-state index in [0.29, 0.717) is 12.5 Å². The highest BCUT2D eigenvalue weighted by molar-refractivity contribution is 7.19. The number of benzene rings is 2. The van der Waals surface area contributed by atoms with Gasteiger partial charge in [-0.25, -0.2) is 14.4 Å². The second kappa shape index (κ2) is 8.17. The van der Waals surface area contributed by atoms with Crippen molar-refractivity contribution < 1.29 is 9.13 Å². The van der Waals surface area contributed by atoms with Crippen LogP contribution >= 0.6 is 11.3 Å². The van der Waals surface area contributed by atoms with E-state index in [0.717, 1.165) is 43.5 Å². The number of ether oxygens (including phenoxy) is 1. The van der Waals surface area contributed by atoms with E-state index in [2.05, 4.69) is 36.1 Å². The first-order valence-electron chi connectivity index (χ1n) is 9.51. The molecule has 0 atom stereocenters. The summed E-state index contributed by atoms with van der Waals surface area (Å²) in [4.78, 5) is 10.9. The van der Waals surface area contributed by atoms with Crippen LogP contribution in [-0.2, 0) is 0 Å². The van der Waals surface area contributed by atoms with Crippen LogP contribution in [0, 0.1) is 18.7 Å². The van der Waals surface area contributed by atoms with Crippen molar-refractivity contribution in [3.63, 3.8) is 0 Å². The molecule has 2 heterocycles. The topological polar surface area (TPSA) is 47.0 Å². The fourth-order valence-electron chi connectivity index (χ4n) is 3.14. The standard InChI is InChI=1S/C23H22FN3OS/c1-14(2)12-28-19-10-8-18(9-11-19)27-22-21-20(16-4-6-17(24)7-5-16)15(3)29-23(21)26-13-25-22/h4-11,13-14H,12H2,1-3H3,(H,25,26,27). The SMILES string of the molecule is Cc1sc2ncnc(Nc3ccc(OCC(C)C)cc3)c2c1-c1ccc(F)cc1. The van der Waals surface area contributed by atoms with Crippen molar-refractivity contribution in [3.05, 3.63) is 65.6 Å². The van der Waals surface area contributed by atoms with Gasteiger partial charge in [-0.2, -0.15) is 0 Å². The number of hydrogen-bond acceptors (Lipinski definition) is 5. The van der Waals surface area contributed by atoms with Gasteiger partial charge in [-0.15, -0.1) is 11.3 Å². The molecule has 148 valence electrons.